The van der Waals surface area contributed by atoms with Gasteiger partial charge in [-0.25, -0.2) is 9.37 Å². The Labute approximate surface area is 255 Å². The molecule has 12 heteroatoms. The molecule has 0 radical (unpaired) electrons. The number of non-ortho nitro benzene ring substituents is 1. The number of pyridine rings is 1. The number of nitrogens with zero attached hydrogens (tertiary/aromatic N) is 5. The Hall–Kier alpha value is -5.49. The number of rotatable bonds is 10. The first-order valence-electron chi connectivity index (χ1n) is 14.6. The summed E-state index contributed by atoms with van der Waals surface area (Å²) in [5.74, 6) is -1.41. The van der Waals surface area contributed by atoms with Gasteiger partial charge in [0.05, 0.1) is 32.4 Å². The van der Waals surface area contributed by atoms with E-state index in [4.69, 9.17) is 0 Å². The van der Waals surface area contributed by atoms with Crippen LogP contribution in [0.25, 0.3) is 38.1 Å². The summed E-state index contributed by atoms with van der Waals surface area (Å²) < 4.78 is 15.9. The van der Waals surface area contributed by atoms with E-state index in [1.54, 1.807) is 30.6 Å². The summed E-state index contributed by atoms with van der Waals surface area (Å²) in [6, 6.07) is 15.5. The topological polar surface area (TPSA) is 130 Å². The highest BCUT2D eigenvalue weighted by atomic mass is 19.1. The fourth-order valence-electron chi connectivity index (χ4n) is 6.35. The Bertz CT molecular complexity index is 2250. The van der Waals surface area contributed by atoms with Crippen LogP contribution in [0.5, 0.6) is 0 Å². The first-order valence-corrected chi connectivity index (χ1v) is 14.6. The average molecular weight is 607 g/mol. The van der Waals surface area contributed by atoms with E-state index in [1.165, 1.54) is 24.3 Å². The smallest absolute Gasteiger partial charge is 0.270 e. The highest BCUT2D eigenvalue weighted by molar-refractivity contribution is 6.25. The number of anilines is 1. The van der Waals surface area contributed by atoms with E-state index in [9.17, 15) is 28.9 Å². The lowest BCUT2D eigenvalue weighted by atomic mass is 9.93. The number of carbonyl (C=O) groups is 2. The van der Waals surface area contributed by atoms with E-state index in [0.29, 0.717) is 69.7 Å². The van der Waals surface area contributed by atoms with Crippen molar-refractivity contribution in [1.29, 1.82) is 0 Å². The molecule has 226 valence electrons. The maximum Gasteiger partial charge on any atom is 0.270 e. The zero-order chi connectivity index (χ0) is 31.4. The Balaban J connectivity index is 0.982. The van der Waals surface area contributed by atoms with E-state index in [1.807, 2.05) is 28.5 Å². The number of amides is 2. The first-order chi connectivity index (χ1) is 21.7. The highest BCUT2D eigenvalue weighted by Gasteiger charge is 2.34. The molecule has 1 N–H and O–H groups in total. The predicted octanol–water partition coefficient (Wildman–Crippen LogP) is 4.74. The van der Waals surface area contributed by atoms with Crippen LogP contribution in [-0.2, 0) is 0 Å². The van der Waals surface area contributed by atoms with Crippen LogP contribution in [0, 0.1) is 15.9 Å². The van der Waals surface area contributed by atoms with Crippen LogP contribution in [0.3, 0.4) is 0 Å². The lowest BCUT2D eigenvalue weighted by Gasteiger charge is -2.27. The number of fused-ring (bicyclic) bond motifs is 2. The fraction of sp³-hybridized carbons (Fsp3) is 0.212. The number of nitro benzene ring substituents is 1. The Morgan fingerprint density at radius 2 is 1.76 bits per heavy atom. The molecule has 6 aromatic rings. The molecule has 7 rings (SSSR count). The molecule has 0 atom stereocenters. The van der Waals surface area contributed by atoms with Crippen molar-refractivity contribution in [1.82, 2.24) is 19.6 Å². The van der Waals surface area contributed by atoms with Gasteiger partial charge >= 0.3 is 0 Å². The van der Waals surface area contributed by atoms with Crippen molar-refractivity contribution in [3.8, 4) is 0 Å². The minimum atomic E-state index is -0.542. The van der Waals surface area contributed by atoms with Gasteiger partial charge in [0.1, 0.15) is 12.1 Å². The van der Waals surface area contributed by atoms with Gasteiger partial charge in [0.2, 0.25) is 0 Å². The predicted molar refractivity (Wildman–Crippen MR) is 169 cm³/mol. The average Bonchev–Trinajstić information content (AvgIpc) is 3.47. The Morgan fingerprint density at radius 3 is 2.58 bits per heavy atom. The molecule has 0 saturated carbocycles. The largest absolute Gasteiger partial charge is 0.374 e. The summed E-state index contributed by atoms with van der Waals surface area (Å²) in [6.45, 7) is 2.00. The Kier molecular flexibility index (Phi) is 6.85. The van der Waals surface area contributed by atoms with Gasteiger partial charge in [0.15, 0.2) is 5.43 Å². The number of carbonyl (C=O) groups excluding carboxylic acids is 2. The number of nitro groups is 1. The molecule has 0 aliphatic carbocycles. The molecule has 1 aliphatic rings. The second kappa shape index (κ2) is 10.9. The van der Waals surface area contributed by atoms with Gasteiger partial charge in [-0.15, -0.1) is 0 Å². The van der Waals surface area contributed by atoms with Gasteiger partial charge in [-0.2, -0.15) is 0 Å². The maximum atomic E-state index is 14.1. The molecular weight excluding hydrogens is 579 g/mol. The van der Waals surface area contributed by atoms with E-state index in [0.717, 1.165) is 17.0 Å². The van der Waals surface area contributed by atoms with Gasteiger partial charge in [-0.05, 0) is 67.7 Å². The molecule has 0 fully saturated rings. The van der Waals surface area contributed by atoms with Crippen LogP contribution in [0.1, 0.15) is 33.6 Å². The van der Waals surface area contributed by atoms with Crippen LogP contribution >= 0.6 is 0 Å². The van der Waals surface area contributed by atoms with Crippen molar-refractivity contribution in [2.75, 3.05) is 38.1 Å². The third kappa shape index (κ3) is 4.61. The van der Waals surface area contributed by atoms with Crippen LogP contribution < -0.4 is 15.6 Å². The zero-order valence-electron chi connectivity index (χ0n) is 24.2. The third-order valence-electron chi connectivity index (χ3n) is 8.49. The van der Waals surface area contributed by atoms with E-state index < -0.39 is 22.6 Å². The van der Waals surface area contributed by atoms with Crippen molar-refractivity contribution in [2.24, 2.45) is 0 Å². The molecule has 0 spiro atoms. The molecule has 2 aromatic heterocycles. The van der Waals surface area contributed by atoms with Gasteiger partial charge in [0.25, 0.3) is 17.5 Å². The number of aromatic nitrogens is 2. The minimum Gasteiger partial charge on any atom is -0.374 e. The lowest BCUT2D eigenvalue weighted by Crippen LogP contribution is -2.41. The molecule has 0 saturated heterocycles. The number of hydrogen-bond donors (Lipinski definition) is 1. The second-order valence-electron chi connectivity index (χ2n) is 11.2. The molecule has 4 aromatic carbocycles. The summed E-state index contributed by atoms with van der Waals surface area (Å²) in [4.78, 5) is 58.4. The normalized spacial score (nSPS) is 13.2. The molecular formula is C33H27FN6O5. The molecule has 45 heavy (non-hydrogen) atoms. The zero-order valence-corrected chi connectivity index (χ0v) is 24.2. The molecule has 2 amide bonds. The van der Waals surface area contributed by atoms with E-state index >= 15 is 0 Å². The van der Waals surface area contributed by atoms with Crippen LogP contribution in [-0.4, -0.2) is 64.2 Å². The highest BCUT2D eigenvalue weighted by Crippen LogP contribution is 2.34. The molecule has 0 bridgehead atoms. The van der Waals surface area contributed by atoms with Crippen molar-refractivity contribution in [2.45, 2.75) is 12.8 Å². The molecule has 3 heterocycles. The minimum absolute atomic E-state index is 0.165. The fourth-order valence-corrected chi connectivity index (χ4v) is 6.35. The summed E-state index contributed by atoms with van der Waals surface area (Å²) in [7, 11) is 1.91. The van der Waals surface area contributed by atoms with Gasteiger partial charge in [-0.3, -0.25) is 33.8 Å². The van der Waals surface area contributed by atoms with Gasteiger partial charge < -0.3 is 10.2 Å². The van der Waals surface area contributed by atoms with Crippen LogP contribution in [0.2, 0.25) is 0 Å². The summed E-state index contributed by atoms with van der Waals surface area (Å²) in [6.07, 6.45) is 2.90. The van der Waals surface area contributed by atoms with Crippen molar-refractivity contribution >= 4 is 61.3 Å². The van der Waals surface area contributed by atoms with Crippen LogP contribution in [0.15, 0.2) is 71.8 Å². The number of hydrogen-bond acceptors (Lipinski definition) is 8. The standard InChI is InChI=1S/C33H27FN6O5/c1-37(27-10-8-25-30-29(27)31(41)23-16-20(34)7-9-26(23)39(30)18-36-25)13-3-11-35-12-4-14-38-32(42)22-6-2-5-19-15-21(40(44)45)17-24(28(19)22)33(38)43/h2,5-10,15-18,35H,3-4,11-14H2,1H3. The second-order valence-corrected chi connectivity index (χ2v) is 11.2. The molecule has 11 nitrogen and oxygen atoms in total. The number of nitrogens with one attached hydrogen (secondary N) is 1. The van der Waals surface area contributed by atoms with E-state index in [2.05, 4.69) is 10.3 Å². The number of halogens is 1. The summed E-state index contributed by atoms with van der Waals surface area (Å²) >= 11 is 0. The Morgan fingerprint density at radius 1 is 0.956 bits per heavy atom. The maximum absolute atomic E-state index is 14.1. The molecule has 0 unspecified atom stereocenters. The number of imide groups is 1. The van der Waals surface area contributed by atoms with Gasteiger partial charge in [0, 0.05) is 54.3 Å². The number of imidazole rings is 1. The van der Waals surface area contributed by atoms with Gasteiger partial charge in [-0.1, -0.05) is 12.1 Å². The lowest BCUT2D eigenvalue weighted by molar-refractivity contribution is -0.384. The van der Waals surface area contributed by atoms with Crippen molar-refractivity contribution < 1.29 is 18.9 Å². The van der Waals surface area contributed by atoms with E-state index in [-0.39, 0.29) is 23.2 Å². The van der Waals surface area contributed by atoms with Crippen molar-refractivity contribution in [3.05, 3.63) is 104 Å². The quantitative estimate of drug-likeness (QED) is 0.0778. The molecule has 1 aliphatic heterocycles. The SMILES string of the molecule is CN(CCCNCCCN1C(=O)c2cccc3cc([N+](=O)[O-])cc(c23)C1=O)c1ccc2ncn3c4ccc(F)cc4c(=O)c1c23. The monoisotopic (exact) mass is 606 g/mol. The summed E-state index contributed by atoms with van der Waals surface area (Å²) in [5.41, 5.74) is 2.84. The first kappa shape index (κ1) is 28.3. The number of benzene rings is 4. The van der Waals surface area contributed by atoms with Crippen molar-refractivity contribution in [3.63, 3.8) is 0 Å². The van der Waals surface area contributed by atoms with Crippen LogP contribution in [0.4, 0.5) is 15.8 Å². The third-order valence-corrected chi connectivity index (χ3v) is 8.49. The summed E-state index contributed by atoms with van der Waals surface area (Å²) in [5, 5.41) is 16.5.